The van der Waals surface area contributed by atoms with Gasteiger partial charge in [0.2, 0.25) is 0 Å². The molecule has 2 atom stereocenters. The molecule has 6 aromatic carbocycles. The largest absolute Gasteiger partial charge is 0.153 e. The SMILES string of the molecule is P.P.c1ccc(-c2c(-c3ccccc3)c(-c3ccccc3)c3c(c2-c2ccccc2)=c2ccccc2=3)cc1. The van der Waals surface area contributed by atoms with E-state index in [9.17, 15) is 0 Å². The molecule has 7 rings (SSSR count). The Hall–Kier alpha value is -3.82. The van der Waals surface area contributed by atoms with Gasteiger partial charge in [0.15, 0.2) is 0 Å². The predicted octanol–water partition coefficient (Wildman–Crippen LogP) is 9.36. The molecule has 0 spiro atoms. The molecule has 0 heterocycles. The second-order valence-corrected chi connectivity index (χ2v) is 9.26. The number of hydrogen-bond acceptors (Lipinski definition) is 0. The molecule has 2 unspecified atom stereocenters. The van der Waals surface area contributed by atoms with Gasteiger partial charge in [-0.2, -0.15) is 19.8 Å². The van der Waals surface area contributed by atoms with E-state index in [4.69, 9.17) is 0 Å². The van der Waals surface area contributed by atoms with Crippen LogP contribution < -0.4 is 0 Å². The highest BCUT2D eigenvalue weighted by Gasteiger charge is 2.25. The molecule has 184 valence electrons. The van der Waals surface area contributed by atoms with Gasteiger partial charge in [-0.15, -0.1) is 0 Å². The first kappa shape index (κ1) is 25.8. The fourth-order valence-corrected chi connectivity index (χ4v) is 5.72. The summed E-state index contributed by atoms with van der Waals surface area (Å²) in [7, 11) is 0. The van der Waals surface area contributed by atoms with Crippen molar-refractivity contribution in [2.24, 2.45) is 0 Å². The third-order valence-electron chi connectivity index (χ3n) is 7.22. The molecule has 0 radical (unpaired) electrons. The van der Waals surface area contributed by atoms with E-state index in [1.807, 2.05) is 0 Å². The topological polar surface area (TPSA) is 0 Å². The lowest BCUT2D eigenvalue weighted by Crippen LogP contribution is -2.04. The molecule has 38 heavy (non-hydrogen) atoms. The van der Waals surface area contributed by atoms with Crippen molar-refractivity contribution in [2.45, 2.75) is 0 Å². The lowest BCUT2D eigenvalue weighted by atomic mass is 9.77. The van der Waals surface area contributed by atoms with Crippen LogP contribution in [0, 0.1) is 20.9 Å². The first-order valence-electron chi connectivity index (χ1n) is 12.5. The molecule has 0 amide bonds. The molecular formula is C36H30P2. The van der Waals surface area contributed by atoms with E-state index < -0.39 is 0 Å². The Balaban J connectivity index is 0.00000147. The average molecular weight is 525 g/mol. The van der Waals surface area contributed by atoms with Gasteiger partial charge >= 0.3 is 0 Å². The smallest absolute Gasteiger partial charge is 0.000741 e. The fraction of sp³-hybridized carbons (Fsp3) is 0. The third kappa shape index (κ3) is 4.12. The Morgan fingerprint density at radius 1 is 0.237 bits per heavy atom. The molecular weight excluding hydrogens is 494 g/mol. The number of rotatable bonds is 4. The highest BCUT2D eigenvalue weighted by atomic mass is 31.0. The van der Waals surface area contributed by atoms with Gasteiger partial charge in [0, 0.05) is 0 Å². The predicted molar refractivity (Wildman–Crippen MR) is 172 cm³/mol. The van der Waals surface area contributed by atoms with Crippen LogP contribution >= 0.6 is 19.8 Å². The maximum atomic E-state index is 2.27. The van der Waals surface area contributed by atoms with Crippen LogP contribution in [-0.4, -0.2) is 0 Å². The maximum Gasteiger partial charge on any atom is -0.000741 e. The van der Waals surface area contributed by atoms with E-state index in [2.05, 4.69) is 146 Å². The van der Waals surface area contributed by atoms with Gasteiger partial charge in [0.25, 0.3) is 0 Å². The normalized spacial score (nSPS) is 10.7. The zero-order valence-corrected chi connectivity index (χ0v) is 24.1. The molecule has 6 aromatic rings. The van der Waals surface area contributed by atoms with Crippen LogP contribution in [0.4, 0.5) is 0 Å². The molecule has 1 aliphatic carbocycles. The first-order valence-corrected chi connectivity index (χ1v) is 12.5. The van der Waals surface area contributed by atoms with Crippen LogP contribution in [0.1, 0.15) is 0 Å². The molecule has 0 N–H and O–H groups in total. The van der Waals surface area contributed by atoms with Gasteiger partial charge in [-0.25, -0.2) is 0 Å². The number of hydrogen-bond donors (Lipinski definition) is 0. The summed E-state index contributed by atoms with van der Waals surface area (Å²) >= 11 is 0. The van der Waals surface area contributed by atoms with Crippen LogP contribution in [0.5, 0.6) is 0 Å². The second-order valence-electron chi connectivity index (χ2n) is 9.26. The second kappa shape index (κ2) is 10.9. The van der Waals surface area contributed by atoms with Crippen LogP contribution in [0.2, 0.25) is 0 Å². The minimum atomic E-state index is 0. The Bertz CT molecular complexity index is 1760. The molecule has 2 heteroatoms. The lowest BCUT2D eigenvalue weighted by molar-refractivity contribution is 1.29. The van der Waals surface area contributed by atoms with Gasteiger partial charge in [0.1, 0.15) is 0 Å². The van der Waals surface area contributed by atoms with E-state index in [0.29, 0.717) is 0 Å². The summed E-state index contributed by atoms with van der Waals surface area (Å²) in [5.74, 6) is 0. The van der Waals surface area contributed by atoms with Crippen molar-refractivity contribution in [1.29, 1.82) is 0 Å². The molecule has 0 nitrogen and oxygen atoms in total. The Kier molecular flexibility index (Phi) is 7.40. The molecule has 0 aromatic heterocycles. The van der Waals surface area contributed by atoms with Crippen molar-refractivity contribution in [2.75, 3.05) is 0 Å². The van der Waals surface area contributed by atoms with E-state index in [0.717, 1.165) is 0 Å². The van der Waals surface area contributed by atoms with Crippen LogP contribution in [-0.2, 0) is 0 Å². The van der Waals surface area contributed by atoms with Crippen molar-refractivity contribution in [1.82, 2.24) is 0 Å². The van der Waals surface area contributed by atoms with Gasteiger partial charge in [-0.3, -0.25) is 0 Å². The third-order valence-corrected chi connectivity index (χ3v) is 7.22. The van der Waals surface area contributed by atoms with Crippen LogP contribution in [0.3, 0.4) is 0 Å². The minimum Gasteiger partial charge on any atom is -0.153 e. The van der Waals surface area contributed by atoms with Crippen molar-refractivity contribution in [3.8, 4) is 44.5 Å². The van der Waals surface area contributed by atoms with Crippen LogP contribution in [0.25, 0.3) is 44.5 Å². The fourth-order valence-electron chi connectivity index (χ4n) is 5.72. The van der Waals surface area contributed by atoms with Gasteiger partial charge in [0.05, 0.1) is 0 Å². The zero-order valence-electron chi connectivity index (χ0n) is 21.3. The molecule has 0 fully saturated rings. The lowest BCUT2D eigenvalue weighted by Gasteiger charge is -2.25. The minimum absolute atomic E-state index is 0. The zero-order chi connectivity index (χ0) is 23.9. The summed E-state index contributed by atoms with van der Waals surface area (Å²) in [6.07, 6.45) is 0. The molecule has 0 bridgehead atoms. The van der Waals surface area contributed by atoms with Crippen molar-refractivity contribution in [3.63, 3.8) is 0 Å². The van der Waals surface area contributed by atoms with E-state index in [-0.39, 0.29) is 19.8 Å². The van der Waals surface area contributed by atoms with Crippen molar-refractivity contribution in [3.05, 3.63) is 166 Å². The summed E-state index contributed by atoms with van der Waals surface area (Å²) in [5, 5.41) is 5.38. The average Bonchev–Trinajstić information content (AvgIpc) is 2.96. The molecule has 0 saturated carbocycles. The summed E-state index contributed by atoms with van der Waals surface area (Å²) in [6, 6.07) is 52.4. The van der Waals surface area contributed by atoms with Crippen LogP contribution in [0.15, 0.2) is 146 Å². The summed E-state index contributed by atoms with van der Waals surface area (Å²) in [4.78, 5) is 0. The highest BCUT2D eigenvalue weighted by molar-refractivity contribution is 6.92. The summed E-state index contributed by atoms with van der Waals surface area (Å²) in [6.45, 7) is 0. The Morgan fingerprint density at radius 3 is 0.763 bits per heavy atom. The van der Waals surface area contributed by atoms with E-state index in [1.54, 1.807) is 0 Å². The highest BCUT2D eigenvalue weighted by Crippen LogP contribution is 2.48. The monoisotopic (exact) mass is 524 g/mol. The number of fused-ring (bicyclic) bond motifs is 2. The molecule has 0 saturated heterocycles. The quantitative estimate of drug-likeness (QED) is 0.201. The van der Waals surface area contributed by atoms with Crippen molar-refractivity contribution >= 4 is 19.8 Å². The molecule has 0 aliphatic heterocycles. The van der Waals surface area contributed by atoms with Gasteiger partial charge in [-0.1, -0.05) is 146 Å². The Labute approximate surface area is 230 Å². The maximum absolute atomic E-state index is 2.27. The number of benzene rings is 6. The van der Waals surface area contributed by atoms with E-state index >= 15 is 0 Å². The van der Waals surface area contributed by atoms with Gasteiger partial charge in [-0.05, 0) is 65.4 Å². The van der Waals surface area contributed by atoms with Gasteiger partial charge < -0.3 is 0 Å². The molecule has 1 aliphatic rings. The Morgan fingerprint density at radius 2 is 0.474 bits per heavy atom. The van der Waals surface area contributed by atoms with E-state index in [1.165, 1.54) is 65.4 Å². The van der Waals surface area contributed by atoms with Crippen molar-refractivity contribution < 1.29 is 0 Å². The standard InChI is InChI=1S/C36H24.2H3P/c1-5-15-25(16-6-1)31-32(26-17-7-2-8-18-26)34(28-21-11-4-12-22-28)36-30-24-14-13-23-29(30)35(36)33(31)27-19-9-3-10-20-27;;/h1-24H;2*1H3. The summed E-state index contributed by atoms with van der Waals surface area (Å²) < 4.78 is 0. The first-order chi connectivity index (χ1) is 17.9. The summed E-state index contributed by atoms with van der Waals surface area (Å²) in [5.41, 5.74) is 10.2.